The molecule has 0 radical (unpaired) electrons. The fourth-order valence-corrected chi connectivity index (χ4v) is 3.35. The molecule has 4 nitrogen and oxygen atoms in total. The van der Waals surface area contributed by atoms with E-state index >= 15 is 0 Å². The van der Waals surface area contributed by atoms with Gasteiger partial charge in [0.05, 0.1) is 6.61 Å². The highest BCUT2D eigenvalue weighted by atomic mass is 16.5. The molecule has 0 amide bonds. The Bertz CT molecular complexity index is 473. The van der Waals surface area contributed by atoms with Gasteiger partial charge in [-0.05, 0) is 51.7 Å². The zero-order valence-electron chi connectivity index (χ0n) is 12.8. The largest absolute Gasteiger partial charge is 0.465 e. The number of ether oxygens (including phenoxy) is 1. The molecule has 1 aliphatic carbocycles. The molecule has 0 aliphatic heterocycles. The van der Waals surface area contributed by atoms with Crippen LogP contribution in [0.5, 0.6) is 0 Å². The van der Waals surface area contributed by atoms with Gasteiger partial charge in [0.25, 0.3) is 0 Å². The van der Waals surface area contributed by atoms with E-state index in [1.54, 1.807) is 6.92 Å². The first-order valence-corrected chi connectivity index (χ1v) is 7.64. The van der Waals surface area contributed by atoms with E-state index in [1.807, 2.05) is 0 Å². The Balaban J connectivity index is 2.13. The quantitative estimate of drug-likeness (QED) is 0.842. The number of hydrogen-bond donors (Lipinski definition) is 1. The van der Waals surface area contributed by atoms with Crippen molar-refractivity contribution in [3.63, 3.8) is 0 Å². The molecule has 112 valence electrons. The number of nitrogens with two attached hydrogens (primary N) is 1. The lowest BCUT2D eigenvalue weighted by Crippen LogP contribution is -2.34. The average Bonchev–Trinajstić information content (AvgIpc) is 2.99. The summed E-state index contributed by atoms with van der Waals surface area (Å²) in [5.74, 6) is -0.307. The third kappa shape index (κ3) is 3.06. The second-order valence-corrected chi connectivity index (χ2v) is 5.77. The summed E-state index contributed by atoms with van der Waals surface area (Å²) >= 11 is 0. The number of carbonyl (C=O) groups is 1. The normalized spacial score (nSPS) is 17.4. The maximum Gasteiger partial charge on any atom is 0.323 e. The van der Waals surface area contributed by atoms with Crippen LogP contribution in [0.4, 0.5) is 0 Å². The van der Waals surface area contributed by atoms with Crippen LogP contribution in [0, 0.1) is 13.8 Å². The minimum absolute atomic E-state index is 0.307. The highest BCUT2D eigenvalue weighted by molar-refractivity contribution is 5.75. The van der Waals surface area contributed by atoms with Crippen LogP contribution in [0.25, 0.3) is 0 Å². The minimum atomic E-state index is -0.563. The first-order chi connectivity index (χ1) is 9.54. The maximum atomic E-state index is 11.7. The van der Waals surface area contributed by atoms with Gasteiger partial charge in [-0.15, -0.1) is 0 Å². The number of hydrogen-bond acceptors (Lipinski definition) is 3. The highest BCUT2D eigenvalue weighted by Crippen LogP contribution is 2.33. The lowest BCUT2D eigenvalue weighted by molar-refractivity contribution is -0.144. The Labute approximate surface area is 121 Å². The molecule has 1 aromatic rings. The van der Waals surface area contributed by atoms with Gasteiger partial charge in [-0.25, -0.2) is 0 Å². The van der Waals surface area contributed by atoms with Crippen LogP contribution in [-0.4, -0.2) is 23.2 Å². The summed E-state index contributed by atoms with van der Waals surface area (Å²) in [7, 11) is 0. The van der Waals surface area contributed by atoms with Gasteiger partial charge < -0.3 is 15.0 Å². The number of esters is 1. The number of carbonyl (C=O) groups excluding carboxylic acids is 1. The summed E-state index contributed by atoms with van der Waals surface area (Å²) in [6.45, 7) is 6.47. The van der Waals surface area contributed by atoms with E-state index in [0.717, 1.165) is 0 Å². The van der Waals surface area contributed by atoms with Crippen LogP contribution in [0.2, 0.25) is 0 Å². The van der Waals surface area contributed by atoms with Crippen LogP contribution >= 0.6 is 0 Å². The van der Waals surface area contributed by atoms with Gasteiger partial charge in [0, 0.05) is 17.4 Å². The molecule has 0 aromatic carbocycles. The van der Waals surface area contributed by atoms with Crippen molar-refractivity contribution in [1.29, 1.82) is 0 Å². The van der Waals surface area contributed by atoms with Gasteiger partial charge in [-0.1, -0.05) is 12.8 Å². The van der Waals surface area contributed by atoms with Crippen molar-refractivity contribution >= 4 is 5.97 Å². The van der Waals surface area contributed by atoms with Crippen molar-refractivity contribution in [2.45, 2.75) is 65.0 Å². The summed E-state index contributed by atoms with van der Waals surface area (Å²) in [6, 6.07) is 2.24. The number of rotatable bonds is 5. The molecule has 0 saturated heterocycles. The van der Waals surface area contributed by atoms with Crippen LogP contribution in [0.1, 0.15) is 55.6 Å². The zero-order chi connectivity index (χ0) is 14.7. The SMILES string of the molecule is CCOC(=O)C(N)Cc1cc(C)n(C2CCCC2)c1C. The molecule has 4 heteroatoms. The van der Waals surface area contributed by atoms with Gasteiger partial charge in [-0.2, -0.15) is 0 Å². The molecule has 20 heavy (non-hydrogen) atoms. The second kappa shape index (κ2) is 6.44. The molecule has 0 bridgehead atoms. The number of aromatic nitrogens is 1. The van der Waals surface area contributed by atoms with Crippen molar-refractivity contribution in [2.24, 2.45) is 5.73 Å². The molecule has 1 heterocycles. The second-order valence-electron chi connectivity index (χ2n) is 5.77. The third-order valence-corrected chi connectivity index (χ3v) is 4.31. The van der Waals surface area contributed by atoms with E-state index < -0.39 is 6.04 Å². The Morgan fingerprint density at radius 3 is 2.70 bits per heavy atom. The van der Waals surface area contributed by atoms with E-state index in [2.05, 4.69) is 24.5 Å². The van der Waals surface area contributed by atoms with Crippen LogP contribution in [0.15, 0.2) is 6.07 Å². The third-order valence-electron chi connectivity index (χ3n) is 4.31. The molecule has 2 rings (SSSR count). The van der Waals surface area contributed by atoms with Crippen molar-refractivity contribution in [1.82, 2.24) is 4.57 Å². The molecule has 1 atom stereocenters. The summed E-state index contributed by atoms with van der Waals surface area (Å²) in [5, 5.41) is 0. The maximum absolute atomic E-state index is 11.7. The van der Waals surface area contributed by atoms with Gasteiger partial charge in [0.2, 0.25) is 0 Å². The molecule has 1 fully saturated rings. The summed E-state index contributed by atoms with van der Waals surface area (Å²) < 4.78 is 7.41. The van der Waals surface area contributed by atoms with E-state index in [1.165, 1.54) is 42.6 Å². The summed E-state index contributed by atoms with van der Waals surface area (Å²) in [6.07, 6.45) is 5.73. The Morgan fingerprint density at radius 2 is 2.10 bits per heavy atom. The molecule has 1 saturated carbocycles. The standard InChI is InChI=1S/C16H26N2O2/c1-4-20-16(19)15(17)10-13-9-11(2)18(12(13)3)14-7-5-6-8-14/h9,14-15H,4-8,10,17H2,1-3H3. The molecule has 1 aliphatic rings. The van der Waals surface area contributed by atoms with Crippen LogP contribution < -0.4 is 5.73 Å². The van der Waals surface area contributed by atoms with Gasteiger partial charge in [-0.3, -0.25) is 4.79 Å². The van der Waals surface area contributed by atoms with Gasteiger partial charge in [0.1, 0.15) is 6.04 Å². The average molecular weight is 278 g/mol. The first kappa shape index (κ1) is 15.1. The topological polar surface area (TPSA) is 57.2 Å². The number of nitrogens with zero attached hydrogens (tertiary/aromatic N) is 1. The highest BCUT2D eigenvalue weighted by Gasteiger charge is 2.23. The fraction of sp³-hybridized carbons (Fsp3) is 0.688. The smallest absolute Gasteiger partial charge is 0.323 e. The van der Waals surface area contributed by atoms with Crippen LogP contribution in [0.3, 0.4) is 0 Å². The minimum Gasteiger partial charge on any atom is -0.465 e. The van der Waals surface area contributed by atoms with Crippen LogP contribution in [-0.2, 0) is 16.0 Å². The Morgan fingerprint density at radius 1 is 1.45 bits per heavy atom. The Kier molecular flexibility index (Phi) is 4.86. The Hall–Kier alpha value is -1.29. The van der Waals surface area contributed by atoms with E-state index in [0.29, 0.717) is 19.1 Å². The zero-order valence-corrected chi connectivity index (χ0v) is 12.8. The lowest BCUT2D eigenvalue weighted by atomic mass is 10.1. The van der Waals surface area contributed by atoms with Crippen molar-refractivity contribution in [3.8, 4) is 0 Å². The molecule has 0 spiro atoms. The number of aryl methyl sites for hydroxylation is 1. The molecule has 2 N–H and O–H groups in total. The van der Waals surface area contributed by atoms with Crippen molar-refractivity contribution < 1.29 is 9.53 Å². The van der Waals surface area contributed by atoms with E-state index in [4.69, 9.17) is 10.5 Å². The van der Waals surface area contributed by atoms with Gasteiger partial charge >= 0.3 is 5.97 Å². The van der Waals surface area contributed by atoms with Gasteiger partial charge in [0.15, 0.2) is 0 Å². The van der Waals surface area contributed by atoms with E-state index in [9.17, 15) is 4.79 Å². The molecular formula is C16H26N2O2. The first-order valence-electron chi connectivity index (χ1n) is 7.64. The monoisotopic (exact) mass is 278 g/mol. The predicted octanol–water partition coefficient (Wildman–Crippen LogP) is 2.65. The summed E-state index contributed by atoms with van der Waals surface area (Å²) in [4.78, 5) is 11.7. The van der Waals surface area contributed by atoms with Crippen molar-refractivity contribution in [2.75, 3.05) is 6.61 Å². The lowest BCUT2D eigenvalue weighted by Gasteiger charge is -2.18. The van der Waals surface area contributed by atoms with Crippen molar-refractivity contribution in [3.05, 3.63) is 23.0 Å². The fourth-order valence-electron chi connectivity index (χ4n) is 3.35. The predicted molar refractivity (Wildman–Crippen MR) is 79.7 cm³/mol. The van der Waals surface area contributed by atoms with E-state index in [-0.39, 0.29) is 5.97 Å². The molecule has 1 unspecified atom stereocenters. The molecule has 1 aromatic heterocycles. The molecular weight excluding hydrogens is 252 g/mol. The summed E-state index contributed by atoms with van der Waals surface area (Å²) in [5.41, 5.74) is 9.65.